The summed E-state index contributed by atoms with van der Waals surface area (Å²) in [5.74, 6) is 2.86. The maximum Gasteiger partial charge on any atom is 0.243 e. The van der Waals surface area contributed by atoms with E-state index in [4.69, 9.17) is 0 Å². The lowest BCUT2D eigenvalue weighted by molar-refractivity contribution is -0.671. The minimum Gasteiger partial charge on any atom is -0.240 e. The van der Waals surface area contributed by atoms with Gasteiger partial charge in [-0.05, 0) is 31.1 Å². The van der Waals surface area contributed by atoms with E-state index in [9.17, 15) is 0 Å². The predicted octanol–water partition coefficient (Wildman–Crippen LogP) is 14.0. The maximum atomic E-state index is 2.64. The maximum absolute atomic E-state index is 2.64. The van der Waals surface area contributed by atoms with Crippen LogP contribution < -0.4 is 4.57 Å². The second kappa shape index (κ2) is 26.2. The average Bonchev–Trinajstić information content (AvgIpc) is 3.49. The normalized spacial score (nSPS) is 23.5. The first-order valence-electron chi connectivity index (χ1n) is 21.3. The first-order valence-corrected chi connectivity index (χ1v) is 21.3. The van der Waals surface area contributed by atoms with E-state index in [1.54, 1.807) is 0 Å². The fraction of sp³-hybridized carbons (Fsp3) is 0.930. The molecule has 0 aliphatic heterocycles. The number of nitrogens with zero attached hydrogens (tertiary/aromatic N) is 2. The fourth-order valence-electron chi connectivity index (χ4n) is 9.28. The number of imidazole rings is 1. The van der Waals surface area contributed by atoms with E-state index in [-0.39, 0.29) is 0 Å². The molecule has 0 amide bonds. The summed E-state index contributed by atoms with van der Waals surface area (Å²) in [5, 5.41) is 0. The molecule has 0 aromatic carbocycles. The van der Waals surface area contributed by atoms with Gasteiger partial charge in [-0.3, -0.25) is 0 Å². The lowest BCUT2D eigenvalue weighted by Gasteiger charge is -2.34. The van der Waals surface area contributed by atoms with Gasteiger partial charge in [0.2, 0.25) is 6.33 Å². The fourth-order valence-corrected chi connectivity index (χ4v) is 9.28. The Kier molecular flexibility index (Phi) is 22.5. The molecule has 3 atom stereocenters. The molecule has 2 aliphatic rings. The van der Waals surface area contributed by atoms with Crippen molar-refractivity contribution < 1.29 is 4.57 Å². The van der Waals surface area contributed by atoms with Crippen LogP contribution in [-0.4, -0.2) is 4.57 Å². The highest BCUT2D eigenvalue weighted by Crippen LogP contribution is 2.41. The quantitative estimate of drug-likeness (QED) is 0.107. The van der Waals surface area contributed by atoms with Gasteiger partial charge in [-0.15, -0.1) is 0 Å². The molecule has 0 saturated heterocycles. The number of hydrogen-bond donors (Lipinski definition) is 0. The summed E-state index contributed by atoms with van der Waals surface area (Å²) in [6.45, 7) is 2.32. The summed E-state index contributed by atoms with van der Waals surface area (Å²) in [7, 11) is 2.21. The van der Waals surface area contributed by atoms with Crippen molar-refractivity contribution in [3.8, 4) is 0 Å². The summed E-state index contributed by atoms with van der Waals surface area (Å²) < 4.78 is 4.92. The van der Waals surface area contributed by atoms with Crippen LogP contribution in [0.2, 0.25) is 0 Å². The molecule has 2 aliphatic carbocycles. The molecule has 2 fully saturated rings. The van der Waals surface area contributed by atoms with E-state index >= 15 is 0 Å². The first-order chi connectivity index (χ1) is 22.3. The molecule has 0 radical (unpaired) electrons. The molecule has 1 aromatic heterocycles. The average molecular weight is 626 g/mol. The van der Waals surface area contributed by atoms with Crippen molar-refractivity contribution in [2.75, 3.05) is 0 Å². The first kappa shape index (κ1) is 38.7. The molecule has 2 heteroatoms. The smallest absolute Gasteiger partial charge is 0.240 e. The van der Waals surface area contributed by atoms with Gasteiger partial charge in [-0.1, -0.05) is 206 Å². The predicted molar refractivity (Wildman–Crippen MR) is 198 cm³/mol. The van der Waals surface area contributed by atoms with Crippen LogP contribution in [0, 0.1) is 17.8 Å². The molecule has 1 heterocycles. The second-order valence-corrected chi connectivity index (χ2v) is 16.1. The third-order valence-electron chi connectivity index (χ3n) is 12.1. The number of aromatic nitrogens is 2. The van der Waals surface area contributed by atoms with E-state index in [1.807, 2.05) is 0 Å². The molecule has 3 rings (SSSR count). The number of rotatable bonds is 19. The second-order valence-electron chi connectivity index (χ2n) is 16.1. The number of aryl methyl sites for hydroxylation is 1. The van der Waals surface area contributed by atoms with E-state index in [0.29, 0.717) is 0 Å². The van der Waals surface area contributed by atoms with Crippen molar-refractivity contribution in [3.63, 3.8) is 0 Å². The van der Waals surface area contributed by atoms with Gasteiger partial charge in [-0.2, -0.15) is 0 Å². The summed E-state index contributed by atoms with van der Waals surface area (Å²) in [6.07, 6.45) is 57.3. The van der Waals surface area contributed by atoms with Gasteiger partial charge >= 0.3 is 0 Å². The van der Waals surface area contributed by atoms with Gasteiger partial charge in [-0.25, -0.2) is 9.13 Å². The van der Waals surface area contributed by atoms with Crippen molar-refractivity contribution in [3.05, 3.63) is 18.7 Å². The Morgan fingerprint density at radius 3 is 1.51 bits per heavy atom. The zero-order chi connectivity index (χ0) is 31.6. The molecule has 2 nitrogen and oxygen atoms in total. The highest BCUT2D eigenvalue weighted by atomic mass is 15.1. The largest absolute Gasteiger partial charge is 0.243 e. The van der Waals surface area contributed by atoms with Crippen molar-refractivity contribution in [2.45, 2.75) is 231 Å². The van der Waals surface area contributed by atoms with Gasteiger partial charge in [0.15, 0.2) is 0 Å². The van der Waals surface area contributed by atoms with Gasteiger partial charge in [0.05, 0.1) is 7.05 Å². The molecule has 2 saturated carbocycles. The molecule has 0 N–H and O–H groups in total. The Morgan fingerprint density at radius 1 is 0.511 bits per heavy atom. The highest BCUT2D eigenvalue weighted by Gasteiger charge is 2.33. The third-order valence-corrected chi connectivity index (χ3v) is 12.1. The number of unbranched alkanes of at least 4 members (excludes halogenated alkanes) is 15. The Bertz CT molecular complexity index is 777. The molecule has 45 heavy (non-hydrogen) atoms. The van der Waals surface area contributed by atoms with Crippen LogP contribution >= 0.6 is 0 Å². The van der Waals surface area contributed by atoms with Crippen LogP contribution in [0.25, 0.3) is 0 Å². The van der Waals surface area contributed by atoms with Crippen LogP contribution in [-0.2, 0) is 7.05 Å². The third kappa shape index (κ3) is 17.8. The Balaban J connectivity index is 1.32. The minimum absolute atomic E-state index is 0.721. The lowest BCUT2D eigenvalue weighted by Crippen LogP contribution is -2.30. The molecule has 1 aromatic rings. The topological polar surface area (TPSA) is 8.81 Å². The summed E-state index contributed by atoms with van der Waals surface area (Å²) in [5.41, 5.74) is 0. The highest BCUT2D eigenvalue weighted by molar-refractivity contribution is 4.86. The van der Waals surface area contributed by atoms with Crippen LogP contribution in [0.5, 0.6) is 0 Å². The molecular weight excluding hydrogens is 544 g/mol. The van der Waals surface area contributed by atoms with E-state index in [0.717, 1.165) is 23.8 Å². The van der Waals surface area contributed by atoms with Crippen LogP contribution in [0.3, 0.4) is 0 Å². The Labute approximate surface area is 283 Å². The molecule has 0 bridgehead atoms. The monoisotopic (exact) mass is 626 g/mol. The summed E-state index contributed by atoms with van der Waals surface area (Å²) >= 11 is 0. The molecular formula is C43H81N2+. The zero-order valence-electron chi connectivity index (χ0n) is 31.0. The van der Waals surface area contributed by atoms with Gasteiger partial charge in [0.1, 0.15) is 18.4 Å². The molecule has 262 valence electrons. The SMILES string of the molecule is CCCCCCCCCCCCCCCCCCC1CCCCCCCCC(C2CCCCC2)C(n2cc[n+](C)c2)CCCC1. The van der Waals surface area contributed by atoms with E-state index in [1.165, 1.54) is 218 Å². The Morgan fingerprint density at radius 2 is 0.956 bits per heavy atom. The Hall–Kier alpha value is -0.790. The van der Waals surface area contributed by atoms with E-state index < -0.39 is 0 Å². The lowest BCUT2D eigenvalue weighted by atomic mass is 9.73. The van der Waals surface area contributed by atoms with E-state index in [2.05, 4.69) is 41.8 Å². The van der Waals surface area contributed by atoms with Gasteiger partial charge < -0.3 is 0 Å². The zero-order valence-corrected chi connectivity index (χ0v) is 31.0. The van der Waals surface area contributed by atoms with Crippen molar-refractivity contribution in [1.29, 1.82) is 0 Å². The van der Waals surface area contributed by atoms with Gasteiger partial charge in [0, 0.05) is 5.92 Å². The van der Waals surface area contributed by atoms with Crippen LogP contribution in [0.4, 0.5) is 0 Å². The van der Waals surface area contributed by atoms with Crippen LogP contribution in [0.1, 0.15) is 231 Å². The number of hydrogen-bond acceptors (Lipinski definition) is 0. The minimum atomic E-state index is 0.721. The molecule has 3 unspecified atom stereocenters. The summed E-state index contributed by atoms with van der Waals surface area (Å²) in [4.78, 5) is 0. The standard InChI is InChI=1S/C43H81N2/c1-3-4-5-6-7-8-9-10-11-12-13-14-15-16-19-23-30-40-31-24-20-17-18-21-27-35-42(41-33-25-22-26-34-41)43(36-29-28-32-40)45-38-37-44(2)39-45/h37-43H,3-36H2,1-2H3/q+1. The van der Waals surface area contributed by atoms with Crippen LogP contribution in [0.15, 0.2) is 18.7 Å². The summed E-state index contributed by atoms with van der Waals surface area (Å²) in [6, 6.07) is 0.721. The van der Waals surface area contributed by atoms with Crippen molar-refractivity contribution in [2.24, 2.45) is 24.8 Å². The van der Waals surface area contributed by atoms with Crippen molar-refractivity contribution in [1.82, 2.24) is 4.57 Å². The van der Waals surface area contributed by atoms with Gasteiger partial charge in [0.25, 0.3) is 0 Å². The van der Waals surface area contributed by atoms with Crippen molar-refractivity contribution >= 4 is 0 Å². The molecule has 0 spiro atoms.